The van der Waals surface area contributed by atoms with Crippen molar-refractivity contribution in [2.45, 2.75) is 38.2 Å². The summed E-state index contributed by atoms with van der Waals surface area (Å²) < 4.78 is 11.8. The highest BCUT2D eigenvalue weighted by Crippen LogP contribution is 2.36. The number of hydrogen-bond acceptors (Lipinski definition) is 10. The van der Waals surface area contributed by atoms with E-state index in [0.29, 0.717) is 64.8 Å². The minimum absolute atomic E-state index is 0.0694. The summed E-state index contributed by atoms with van der Waals surface area (Å²) in [5.74, 6) is -2.74. The highest BCUT2D eigenvalue weighted by molar-refractivity contribution is 7.51. The topological polar surface area (TPSA) is 206 Å². The Morgan fingerprint density at radius 2 is 1.10 bits per heavy atom. The van der Waals surface area contributed by atoms with Gasteiger partial charge in [0.05, 0.1) is 25.7 Å². The van der Waals surface area contributed by atoms with E-state index >= 15 is 0 Å². The molecule has 2 rings (SSSR count). The van der Waals surface area contributed by atoms with Crippen LogP contribution in [0.1, 0.15) is 32.1 Å². The lowest BCUT2D eigenvalue weighted by molar-refractivity contribution is -0.140. The summed E-state index contributed by atoms with van der Waals surface area (Å²) in [5, 5.41) is 39.1. The molecule has 0 aromatic carbocycles. The van der Waals surface area contributed by atoms with Crippen molar-refractivity contribution in [2.24, 2.45) is 5.92 Å². The lowest BCUT2D eigenvalue weighted by atomic mass is 9.89. The van der Waals surface area contributed by atoms with E-state index in [1.807, 2.05) is 4.90 Å². The second-order valence-electron chi connectivity index (χ2n) is 11.3. The molecule has 0 radical (unpaired) electrons. The van der Waals surface area contributed by atoms with Crippen LogP contribution in [-0.4, -0.2) is 177 Å². The van der Waals surface area contributed by atoms with Gasteiger partial charge < -0.3 is 30.2 Å². The van der Waals surface area contributed by atoms with Crippen molar-refractivity contribution < 1.29 is 49.2 Å². The number of hydrogen-bond donors (Lipinski definition) is 6. The van der Waals surface area contributed by atoms with Gasteiger partial charge in [0.2, 0.25) is 0 Å². The number of rotatable bonds is 14. The van der Waals surface area contributed by atoms with Crippen LogP contribution in [0.4, 0.5) is 0 Å². The Hall–Kier alpha value is -1.68. The summed E-state index contributed by atoms with van der Waals surface area (Å²) in [6.07, 6.45) is 3.92. The van der Waals surface area contributed by atoms with Gasteiger partial charge in [0.1, 0.15) is 6.29 Å². The van der Waals surface area contributed by atoms with Crippen molar-refractivity contribution >= 4 is 25.5 Å². The van der Waals surface area contributed by atoms with E-state index in [2.05, 4.69) is 0 Å². The normalized spacial score (nSPS) is 21.3. The molecule has 0 spiro atoms. The molecule has 1 saturated heterocycles. The minimum atomic E-state index is -4.34. The van der Waals surface area contributed by atoms with E-state index in [-0.39, 0.29) is 32.7 Å². The molecule has 16 heteroatoms. The number of carbonyl (C=O) groups is 3. The first-order valence-electron chi connectivity index (χ1n) is 14.3. The minimum Gasteiger partial charge on any atom is -0.480 e. The molecule has 0 aromatic rings. The summed E-state index contributed by atoms with van der Waals surface area (Å²) in [7, 11) is -4.34. The third-order valence-electron chi connectivity index (χ3n) is 7.57. The third kappa shape index (κ3) is 16.5. The molecule has 1 unspecified atom stereocenters. The Morgan fingerprint density at radius 3 is 1.46 bits per heavy atom. The third-order valence-corrected chi connectivity index (χ3v) is 8.34. The molecular formula is C25H48N5O10P. The number of carboxylic acids is 3. The lowest BCUT2D eigenvalue weighted by Crippen LogP contribution is -2.50. The van der Waals surface area contributed by atoms with Gasteiger partial charge in [-0.05, 0) is 18.8 Å². The van der Waals surface area contributed by atoms with Crippen LogP contribution < -0.4 is 0 Å². The zero-order chi connectivity index (χ0) is 30.4. The summed E-state index contributed by atoms with van der Waals surface area (Å²) in [5.41, 5.74) is 0. The quantitative estimate of drug-likeness (QED) is 0.129. The molecule has 0 aromatic heterocycles. The van der Waals surface area contributed by atoms with Gasteiger partial charge in [-0.2, -0.15) is 0 Å². The van der Waals surface area contributed by atoms with Gasteiger partial charge in [0.25, 0.3) is 0 Å². The molecule has 1 aliphatic heterocycles. The Kier molecular flexibility index (Phi) is 15.7. The van der Waals surface area contributed by atoms with E-state index in [4.69, 9.17) is 0 Å². The Morgan fingerprint density at radius 1 is 0.707 bits per heavy atom. The van der Waals surface area contributed by atoms with Crippen molar-refractivity contribution in [1.82, 2.24) is 24.5 Å². The fraction of sp³-hybridized carbons (Fsp3) is 0.880. The van der Waals surface area contributed by atoms with Gasteiger partial charge in [0, 0.05) is 72.0 Å². The number of aliphatic hydroxyl groups excluding tert-OH is 1. The maximum atomic E-state index is 11.8. The predicted molar refractivity (Wildman–Crippen MR) is 150 cm³/mol. The van der Waals surface area contributed by atoms with Gasteiger partial charge >= 0.3 is 25.5 Å². The molecule has 0 amide bonds. The molecule has 1 atom stereocenters. The van der Waals surface area contributed by atoms with Crippen LogP contribution in [0.5, 0.6) is 0 Å². The van der Waals surface area contributed by atoms with E-state index < -0.39 is 37.9 Å². The van der Waals surface area contributed by atoms with Gasteiger partial charge in [-0.3, -0.25) is 43.4 Å². The maximum Gasteiger partial charge on any atom is 0.339 e. The molecule has 238 valence electrons. The molecule has 1 heterocycles. The van der Waals surface area contributed by atoms with E-state index in [0.717, 1.165) is 32.1 Å². The summed E-state index contributed by atoms with van der Waals surface area (Å²) in [4.78, 5) is 62.2. The first-order valence-corrected chi connectivity index (χ1v) is 16.1. The maximum absolute atomic E-state index is 11.8. The van der Waals surface area contributed by atoms with E-state index in [1.165, 1.54) is 0 Å². The summed E-state index contributed by atoms with van der Waals surface area (Å²) in [6, 6.07) is 0. The molecule has 41 heavy (non-hydrogen) atoms. The second kappa shape index (κ2) is 18.1. The largest absolute Gasteiger partial charge is 0.480 e. The number of nitrogens with zero attached hydrogens (tertiary/aromatic N) is 5. The van der Waals surface area contributed by atoms with Crippen LogP contribution in [0.15, 0.2) is 0 Å². The number of β-amino-alcohol motifs (C(OH)–C–C–N with tert-alkyl or cyclic N) is 1. The second-order valence-corrected chi connectivity index (χ2v) is 12.9. The average molecular weight is 610 g/mol. The SMILES string of the molecule is O=C(O)CN1CCN(CC(=O)O)CCN(CC(O)CN(CC2CCCCC2)CP(=O)(O)O)CCN(CC(=O)O)CC1. The average Bonchev–Trinajstić information content (AvgIpc) is 2.84. The highest BCUT2D eigenvalue weighted by atomic mass is 31.2. The fourth-order valence-corrected chi connectivity index (χ4v) is 6.40. The first-order chi connectivity index (χ1) is 19.3. The van der Waals surface area contributed by atoms with E-state index in [1.54, 1.807) is 19.6 Å². The van der Waals surface area contributed by atoms with E-state index in [9.17, 15) is 49.2 Å². The van der Waals surface area contributed by atoms with Gasteiger partial charge in [-0.25, -0.2) is 0 Å². The van der Waals surface area contributed by atoms with Crippen LogP contribution in [0.25, 0.3) is 0 Å². The summed E-state index contributed by atoms with van der Waals surface area (Å²) in [6.45, 7) is 2.58. The van der Waals surface area contributed by atoms with Crippen molar-refractivity contribution in [2.75, 3.05) is 97.9 Å². The molecule has 1 aliphatic carbocycles. The van der Waals surface area contributed by atoms with Gasteiger partial charge in [-0.1, -0.05) is 19.3 Å². The van der Waals surface area contributed by atoms with Crippen LogP contribution in [-0.2, 0) is 18.9 Å². The predicted octanol–water partition coefficient (Wildman–Crippen LogP) is -1.16. The lowest BCUT2D eigenvalue weighted by Gasteiger charge is -2.35. The molecule has 15 nitrogen and oxygen atoms in total. The molecule has 2 fully saturated rings. The number of aliphatic hydroxyl groups is 1. The molecule has 0 bridgehead atoms. The zero-order valence-electron chi connectivity index (χ0n) is 23.8. The fourth-order valence-electron chi connectivity index (χ4n) is 5.65. The number of carboxylic acid groups (broad SMARTS) is 3. The zero-order valence-corrected chi connectivity index (χ0v) is 24.7. The number of aliphatic carboxylic acids is 3. The Balaban J connectivity index is 2.12. The smallest absolute Gasteiger partial charge is 0.339 e. The first kappa shape index (κ1) is 35.5. The van der Waals surface area contributed by atoms with Crippen molar-refractivity contribution in [3.63, 3.8) is 0 Å². The molecule has 6 N–H and O–H groups in total. The standard InChI is InChI=1S/C25H48N5O10P/c31-22(16-30(20-41(38,39)40)14-21-4-2-1-3-5-21)15-26-6-8-27(17-23(32)33)10-12-29(19-25(36)37)13-11-28(9-7-26)18-24(34)35/h21-22,31H,1-20H2,(H,32,33)(H,34,35)(H,36,37)(H2,38,39,40). The Labute approximate surface area is 241 Å². The van der Waals surface area contributed by atoms with Crippen molar-refractivity contribution in [3.05, 3.63) is 0 Å². The van der Waals surface area contributed by atoms with Crippen LogP contribution in [0, 0.1) is 5.92 Å². The molecule has 2 aliphatic rings. The molecular weight excluding hydrogens is 561 g/mol. The van der Waals surface area contributed by atoms with Gasteiger partial charge in [0.15, 0.2) is 0 Å². The highest BCUT2D eigenvalue weighted by Gasteiger charge is 2.27. The monoisotopic (exact) mass is 609 g/mol. The summed E-state index contributed by atoms with van der Waals surface area (Å²) >= 11 is 0. The van der Waals surface area contributed by atoms with Crippen LogP contribution in [0.3, 0.4) is 0 Å². The van der Waals surface area contributed by atoms with Gasteiger partial charge in [-0.15, -0.1) is 0 Å². The van der Waals surface area contributed by atoms with Crippen molar-refractivity contribution in [1.29, 1.82) is 0 Å². The van der Waals surface area contributed by atoms with Crippen LogP contribution >= 0.6 is 7.60 Å². The Bertz CT molecular complexity index is 840. The molecule has 1 saturated carbocycles. The van der Waals surface area contributed by atoms with Crippen molar-refractivity contribution in [3.8, 4) is 0 Å². The van der Waals surface area contributed by atoms with Crippen LogP contribution in [0.2, 0.25) is 0 Å².